The maximum Gasteiger partial charge on any atom is 0.253 e. The van der Waals surface area contributed by atoms with Gasteiger partial charge in [-0.15, -0.1) is 0 Å². The summed E-state index contributed by atoms with van der Waals surface area (Å²) in [7, 11) is 3.76. The summed E-state index contributed by atoms with van der Waals surface area (Å²) < 4.78 is 0.723. The molecule has 0 fully saturated rings. The van der Waals surface area contributed by atoms with Crippen LogP contribution < -0.4 is 16.0 Å². The van der Waals surface area contributed by atoms with Crippen LogP contribution in [0.15, 0.2) is 29.3 Å². The molecule has 1 aromatic carbocycles. The van der Waals surface area contributed by atoms with Gasteiger partial charge in [-0.05, 0) is 18.2 Å². The normalized spacial score (nSPS) is 9.82. The topological polar surface area (TPSA) is 58.4 Å². The summed E-state index contributed by atoms with van der Waals surface area (Å²) in [6, 6.07) is 5.27. The lowest BCUT2D eigenvalue weighted by molar-refractivity contribution is 0.0958. The summed E-state index contributed by atoms with van der Waals surface area (Å²) in [6.45, 7) is 4.05. The van der Waals surface area contributed by atoms with E-state index in [4.69, 9.17) is 5.73 Å². The van der Waals surface area contributed by atoms with Gasteiger partial charge in [0, 0.05) is 36.5 Å². The fraction of sp³-hybridized carbons (Fsp3) is 0.250. The van der Waals surface area contributed by atoms with Crippen LogP contribution in [-0.2, 0) is 0 Å². The standard InChI is InChI=1S/C12H16BrN3O/c1-8(13)7-15-12(17)10-6-9(14)4-5-11(10)16(2)3/h4-6H,1,7,14H2,2-3H3,(H,15,17). The Bertz CT molecular complexity index is 443. The van der Waals surface area contributed by atoms with Gasteiger partial charge >= 0.3 is 0 Å². The highest BCUT2D eigenvalue weighted by molar-refractivity contribution is 9.11. The second kappa shape index (κ2) is 5.72. The lowest BCUT2D eigenvalue weighted by atomic mass is 10.1. The molecule has 0 bridgehead atoms. The maximum atomic E-state index is 12.0. The highest BCUT2D eigenvalue weighted by atomic mass is 79.9. The summed E-state index contributed by atoms with van der Waals surface area (Å²) in [4.78, 5) is 13.8. The minimum atomic E-state index is -0.165. The molecule has 0 spiro atoms. The predicted molar refractivity (Wildman–Crippen MR) is 75.6 cm³/mol. The zero-order valence-corrected chi connectivity index (χ0v) is 11.5. The van der Waals surface area contributed by atoms with Crippen LogP contribution in [0.3, 0.4) is 0 Å². The zero-order chi connectivity index (χ0) is 13.0. The number of carbonyl (C=O) groups is 1. The molecule has 0 unspecified atom stereocenters. The third kappa shape index (κ3) is 3.78. The Morgan fingerprint density at radius 3 is 2.71 bits per heavy atom. The van der Waals surface area contributed by atoms with Crippen LogP contribution in [0.2, 0.25) is 0 Å². The summed E-state index contributed by atoms with van der Waals surface area (Å²) in [6.07, 6.45) is 0. The molecule has 17 heavy (non-hydrogen) atoms. The first-order valence-electron chi connectivity index (χ1n) is 5.10. The van der Waals surface area contributed by atoms with Gasteiger partial charge in [-0.25, -0.2) is 0 Å². The lowest BCUT2D eigenvalue weighted by Gasteiger charge is -2.17. The summed E-state index contributed by atoms with van der Waals surface area (Å²) >= 11 is 3.19. The molecule has 0 aliphatic heterocycles. The minimum absolute atomic E-state index is 0.165. The molecule has 0 radical (unpaired) electrons. The van der Waals surface area contributed by atoms with E-state index in [1.54, 1.807) is 12.1 Å². The number of rotatable bonds is 4. The number of hydrogen-bond donors (Lipinski definition) is 2. The van der Waals surface area contributed by atoms with Crippen molar-refractivity contribution in [1.82, 2.24) is 5.32 Å². The molecule has 92 valence electrons. The van der Waals surface area contributed by atoms with Gasteiger partial charge in [-0.3, -0.25) is 4.79 Å². The fourth-order valence-electron chi connectivity index (χ4n) is 1.40. The summed E-state index contributed by atoms with van der Waals surface area (Å²) in [5.74, 6) is -0.165. The van der Waals surface area contributed by atoms with Crippen LogP contribution >= 0.6 is 15.9 Å². The molecule has 4 nitrogen and oxygen atoms in total. The Balaban J connectivity index is 2.98. The Labute approximate surface area is 110 Å². The number of nitrogens with two attached hydrogens (primary N) is 1. The second-order valence-electron chi connectivity index (χ2n) is 3.87. The van der Waals surface area contributed by atoms with Gasteiger partial charge in [0.15, 0.2) is 0 Å². The van der Waals surface area contributed by atoms with Gasteiger partial charge < -0.3 is 16.0 Å². The van der Waals surface area contributed by atoms with Crippen molar-refractivity contribution >= 4 is 33.2 Å². The summed E-state index contributed by atoms with van der Waals surface area (Å²) in [5, 5.41) is 2.75. The number of halogens is 1. The SMILES string of the molecule is C=C(Br)CNC(=O)c1cc(N)ccc1N(C)C. The highest BCUT2D eigenvalue weighted by Crippen LogP contribution is 2.21. The largest absolute Gasteiger partial charge is 0.399 e. The number of benzene rings is 1. The van der Waals surface area contributed by atoms with E-state index in [-0.39, 0.29) is 5.91 Å². The average Bonchev–Trinajstić information content (AvgIpc) is 2.25. The van der Waals surface area contributed by atoms with Crippen molar-refractivity contribution < 1.29 is 4.79 Å². The fourth-order valence-corrected chi connectivity index (χ4v) is 1.54. The molecule has 3 N–H and O–H groups in total. The number of anilines is 2. The number of hydrogen-bond acceptors (Lipinski definition) is 3. The maximum absolute atomic E-state index is 12.0. The molecule has 0 aliphatic carbocycles. The quantitative estimate of drug-likeness (QED) is 0.836. The van der Waals surface area contributed by atoms with Gasteiger partial charge in [0.2, 0.25) is 0 Å². The van der Waals surface area contributed by atoms with Crippen LogP contribution in [0.4, 0.5) is 11.4 Å². The number of nitrogen functional groups attached to an aromatic ring is 1. The highest BCUT2D eigenvalue weighted by Gasteiger charge is 2.12. The Hall–Kier alpha value is -1.49. The van der Waals surface area contributed by atoms with E-state index < -0.39 is 0 Å². The smallest absolute Gasteiger partial charge is 0.253 e. The van der Waals surface area contributed by atoms with E-state index in [1.165, 1.54) is 0 Å². The molecule has 0 aliphatic rings. The number of nitrogens with zero attached hydrogens (tertiary/aromatic N) is 1. The van der Waals surface area contributed by atoms with Crippen LogP contribution in [0.5, 0.6) is 0 Å². The van der Waals surface area contributed by atoms with Crippen molar-refractivity contribution in [2.24, 2.45) is 0 Å². The van der Waals surface area contributed by atoms with E-state index in [0.717, 1.165) is 10.2 Å². The Kier molecular flexibility index (Phi) is 4.57. The molecule has 0 heterocycles. The third-order valence-electron chi connectivity index (χ3n) is 2.19. The molecule has 1 rings (SSSR count). The molecule has 0 aromatic heterocycles. The van der Waals surface area contributed by atoms with Crippen molar-refractivity contribution in [2.75, 3.05) is 31.3 Å². The van der Waals surface area contributed by atoms with Crippen LogP contribution in [0.25, 0.3) is 0 Å². The molecular weight excluding hydrogens is 282 g/mol. The predicted octanol–water partition coefficient (Wildman–Crippen LogP) is 1.97. The van der Waals surface area contributed by atoms with Gasteiger partial charge in [0.25, 0.3) is 5.91 Å². The molecule has 1 amide bonds. The van der Waals surface area contributed by atoms with E-state index in [2.05, 4.69) is 27.8 Å². The first-order chi connectivity index (χ1) is 7.91. The Morgan fingerprint density at radius 2 is 2.18 bits per heavy atom. The van der Waals surface area contributed by atoms with Gasteiger partial charge in [0.05, 0.1) is 5.56 Å². The van der Waals surface area contributed by atoms with Gasteiger partial charge in [-0.2, -0.15) is 0 Å². The first kappa shape index (κ1) is 13.6. The summed E-state index contributed by atoms with van der Waals surface area (Å²) in [5.41, 5.74) is 7.65. The second-order valence-corrected chi connectivity index (χ2v) is 4.99. The molecule has 5 heteroatoms. The lowest BCUT2D eigenvalue weighted by Crippen LogP contribution is -2.26. The molecule has 0 atom stereocenters. The average molecular weight is 298 g/mol. The first-order valence-corrected chi connectivity index (χ1v) is 5.89. The van der Waals surface area contributed by atoms with Crippen LogP contribution in [-0.4, -0.2) is 26.5 Å². The molecule has 0 saturated carbocycles. The number of carbonyl (C=O) groups excluding carboxylic acids is 1. The molecule has 0 saturated heterocycles. The Morgan fingerprint density at radius 1 is 1.53 bits per heavy atom. The third-order valence-corrected chi connectivity index (χ3v) is 2.47. The van der Waals surface area contributed by atoms with Crippen molar-refractivity contribution in [2.45, 2.75) is 0 Å². The van der Waals surface area contributed by atoms with Crippen molar-refractivity contribution in [3.8, 4) is 0 Å². The van der Waals surface area contributed by atoms with E-state index in [9.17, 15) is 4.79 Å². The van der Waals surface area contributed by atoms with Gasteiger partial charge in [0.1, 0.15) is 0 Å². The van der Waals surface area contributed by atoms with Crippen LogP contribution in [0, 0.1) is 0 Å². The van der Waals surface area contributed by atoms with E-state index in [1.807, 2.05) is 25.1 Å². The van der Waals surface area contributed by atoms with Crippen molar-refractivity contribution in [3.63, 3.8) is 0 Å². The molecular formula is C12H16BrN3O. The van der Waals surface area contributed by atoms with E-state index in [0.29, 0.717) is 17.8 Å². The zero-order valence-electron chi connectivity index (χ0n) is 9.96. The monoisotopic (exact) mass is 297 g/mol. The number of nitrogens with one attached hydrogen (secondary N) is 1. The molecule has 1 aromatic rings. The minimum Gasteiger partial charge on any atom is -0.399 e. The van der Waals surface area contributed by atoms with Crippen molar-refractivity contribution in [3.05, 3.63) is 34.8 Å². The van der Waals surface area contributed by atoms with E-state index >= 15 is 0 Å². The van der Waals surface area contributed by atoms with Crippen molar-refractivity contribution in [1.29, 1.82) is 0 Å². The van der Waals surface area contributed by atoms with Gasteiger partial charge in [-0.1, -0.05) is 22.5 Å². The number of amides is 1. The van der Waals surface area contributed by atoms with Crippen LogP contribution in [0.1, 0.15) is 10.4 Å².